The topological polar surface area (TPSA) is 76.4 Å². The van der Waals surface area contributed by atoms with E-state index in [9.17, 15) is 4.79 Å². The van der Waals surface area contributed by atoms with Crippen LogP contribution in [0.3, 0.4) is 0 Å². The molecule has 9 heteroatoms. The summed E-state index contributed by atoms with van der Waals surface area (Å²) in [6, 6.07) is 0. The predicted octanol–water partition coefficient (Wildman–Crippen LogP) is 1.96. The van der Waals surface area contributed by atoms with Gasteiger partial charge in [0.2, 0.25) is 5.01 Å². The van der Waals surface area contributed by atoms with Crippen molar-refractivity contribution in [1.82, 2.24) is 29.5 Å². The number of carbonyl (C=O) groups is 1. The Kier molecular flexibility index (Phi) is 6.33. The predicted molar refractivity (Wildman–Crippen MR) is 106 cm³/mol. The fourth-order valence-corrected chi connectivity index (χ4v) is 4.56. The number of piperazine rings is 1. The molecule has 0 radical (unpaired) electrons. The number of fused-ring (bicyclic) bond motifs is 1. The van der Waals surface area contributed by atoms with Crippen LogP contribution in [0.1, 0.15) is 53.3 Å². The fraction of sp³-hybridized carbons (Fsp3) is 0.684. The van der Waals surface area contributed by atoms with Gasteiger partial charge in [0.15, 0.2) is 0 Å². The van der Waals surface area contributed by atoms with Crippen molar-refractivity contribution in [2.24, 2.45) is 0 Å². The number of ether oxygens (including phenoxy) is 1. The highest BCUT2D eigenvalue weighted by molar-refractivity contribution is 7.11. The molecule has 0 unspecified atom stereocenters. The Morgan fingerprint density at radius 2 is 1.86 bits per heavy atom. The zero-order chi connectivity index (χ0) is 19.3. The molecule has 0 N–H and O–H groups in total. The van der Waals surface area contributed by atoms with Gasteiger partial charge in [-0.2, -0.15) is 0 Å². The van der Waals surface area contributed by atoms with Crippen molar-refractivity contribution < 1.29 is 9.53 Å². The molecule has 0 saturated carbocycles. The van der Waals surface area contributed by atoms with Gasteiger partial charge in [-0.05, 0) is 19.8 Å². The number of aryl methyl sites for hydroxylation is 1. The van der Waals surface area contributed by atoms with Crippen molar-refractivity contribution in [3.05, 3.63) is 27.7 Å². The second kappa shape index (κ2) is 9.11. The maximum Gasteiger partial charge on any atom is 0.367 e. The Balaban J connectivity index is 1.27. The van der Waals surface area contributed by atoms with E-state index >= 15 is 0 Å². The molecular formula is C19H28N6O2S. The molecule has 28 heavy (non-hydrogen) atoms. The molecule has 0 aromatic carbocycles. The largest absolute Gasteiger partial charge is 0.461 e. The van der Waals surface area contributed by atoms with Gasteiger partial charge in [-0.3, -0.25) is 9.80 Å². The summed E-state index contributed by atoms with van der Waals surface area (Å²) in [5.41, 5.74) is 0.948. The quantitative estimate of drug-likeness (QED) is 0.681. The first-order valence-corrected chi connectivity index (χ1v) is 11.1. The second-order valence-corrected chi connectivity index (χ2v) is 8.27. The SMILES string of the molecule is CCOC(=O)c1nc(CN2CCN(Cc3nnc4n3CCCCC4)CC2)cs1. The van der Waals surface area contributed by atoms with Crippen molar-refractivity contribution in [2.75, 3.05) is 32.8 Å². The Labute approximate surface area is 169 Å². The molecule has 2 aromatic rings. The summed E-state index contributed by atoms with van der Waals surface area (Å²) in [6.45, 7) is 8.92. The summed E-state index contributed by atoms with van der Waals surface area (Å²) >= 11 is 1.36. The lowest BCUT2D eigenvalue weighted by Gasteiger charge is -2.34. The first kappa shape index (κ1) is 19.5. The molecule has 0 amide bonds. The normalized spacial score (nSPS) is 18.6. The van der Waals surface area contributed by atoms with Crippen LogP contribution in [0.4, 0.5) is 0 Å². The summed E-state index contributed by atoms with van der Waals surface area (Å²) < 4.78 is 7.36. The number of nitrogens with zero attached hydrogens (tertiary/aromatic N) is 6. The van der Waals surface area contributed by atoms with Crippen LogP contribution in [0.5, 0.6) is 0 Å². The zero-order valence-electron chi connectivity index (χ0n) is 16.5. The average molecular weight is 405 g/mol. The Morgan fingerprint density at radius 3 is 2.64 bits per heavy atom. The smallest absolute Gasteiger partial charge is 0.367 e. The Hall–Kier alpha value is -1.84. The van der Waals surface area contributed by atoms with Gasteiger partial charge in [0.05, 0.1) is 18.8 Å². The molecular weight excluding hydrogens is 376 g/mol. The van der Waals surface area contributed by atoms with Gasteiger partial charge in [0.25, 0.3) is 0 Å². The van der Waals surface area contributed by atoms with E-state index in [0.29, 0.717) is 11.6 Å². The van der Waals surface area contributed by atoms with Crippen LogP contribution >= 0.6 is 11.3 Å². The number of thiazole rings is 1. The van der Waals surface area contributed by atoms with E-state index in [0.717, 1.165) is 69.6 Å². The molecule has 0 aliphatic carbocycles. The standard InChI is InChI=1S/C19H28N6O2S/c1-2-27-19(26)18-20-15(14-28-18)12-23-8-10-24(11-9-23)13-17-22-21-16-6-4-3-5-7-25(16)17/h14H,2-13H2,1H3. The van der Waals surface area contributed by atoms with Crippen LogP contribution in [-0.4, -0.2) is 68.3 Å². The van der Waals surface area contributed by atoms with E-state index in [1.54, 1.807) is 0 Å². The number of esters is 1. The van der Waals surface area contributed by atoms with Crippen LogP contribution in [-0.2, 0) is 30.8 Å². The lowest BCUT2D eigenvalue weighted by Crippen LogP contribution is -2.45. The molecule has 8 nitrogen and oxygen atoms in total. The fourth-order valence-electron chi connectivity index (χ4n) is 3.86. The maximum atomic E-state index is 11.8. The van der Waals surface area contributed by atoms with Crippen LogP contribution in [0, 0.1) is 0 Å². The molecule has 0 bridgehead atoms. The molecule has 4 heterocycles. The summed E-state index contributed by atoms with van der Waals surface area (Å²) in [5.74, 6) is 1.95. The summed E-state index contributed by atoms with van der Waals surface area (Å²) in [4.78, 5) is 21.0. The highest BCUT2D eigenvalue weighted by atomic mass is 32.1. The molecule has 1 fully saturated rings. The van der Waals surface area contributed by atoms with E-state index in [1.165, 1.54) is 30.6 Å². The monoisotopic (exact) mass is 404 g/mol. The Bertz CT molecular complexity index is 796. The van der Waals surface area contributed by atoms with Crippen molar-refractivity contribution in [2.45, 2.75) is 52.2 Å². The third-order valence-electron chi connectivity index (χ3n) is 5.40. The zero-order valence-corrected chi connectivity index (χ0v) is 17.3. The van der Waals surface area contributed by atoms with Crippen molar-refractivity contribution in [3.8, 4) is 0 Å². The summed E-state index contributed by atoms with van der Waals surface area (Å²) in [7, 11) is 0. The van der Waals surface area contributed by atoms with Crippen LogP contribution < -0.4 is 0 Å². The lowest BCUT2D eigenvalue weighted by atomic mass is 10.2. The summed E-state index contributed by atoms with van der Waals surface area (Å²) in [5, 5.41) is 11.3. The molecule has 152 valence electrons. The number of hydrogen-bond donors (Lipinski definition) is 0. The van der Waals surface area contributed by atoms with Gasteiger partial charge in [-0.1, -0.05) is 6.42 Å². The minimum Gasteiger partial charge on any atom is -0.461 e. The molecule has 2 aliphatic heterocycles. The molecule has 4 rings (SSSR count). The van der Waals surface area contributed by atoms with Crippen molar-refractivity contribution >= 4 is 17.3 Å². The van der Waals surface area contributed by atoms with Gasteiger partial charge in [-0.25, -0.2) is 9.78 Å². The van der Waals surface area contributed by atoms with Crippen LogP contribution in [0.25, 0.3) is 0 Å². The Morgan fingerprint density at radius 1 is 1.07 bits per heavy atom. The molecule has 2 aromatic heterocycles. The highest BCUT2D eigenvalue weighted by Crippen LogP contribution is 2.17. The number of carbonyl (C=O) groups excluding carboxylic acids is 1. The van der Waals surface area contributed by atoms with E-state index in [2.05, 4.69) is 29.5 Å². The number of hydrogen-bond acceptors (Lipinski definition) is 8. The third-order valence-corrected chi connectivity index (χ3v) is 6.27. The first-order valence-electron chi connectivity index (χ1n) is 10.2. The van der Waals surface area contributed by atoms with Gasteiger partial charge in [0, 0.05) is 51.1 Å². The molecule has 1 saturated heterocycles. The number of rotatable bonds is 6. The third kappa shape index (κ3) is 4.59. The highest BCUT2D eigenvalue weighted by Gasteiger charge is 2.22. The van der Waals surface area contributed by atoms with E-state index in [1.807, 2.05) is 12.3 Å². The first-order chi connectivity index (χ1) is 13.7. The van der Waals surface area contributed by atoms with Gasteiger partial charge in [-0.15, -0.1) is 21.5 Å². The molecule has 2 aliphatic rings. The van der Waals surface area contributed by atoms with Gasteiger partial charge in [0.1, 0.15) is 11.6 Å². The minimum absolute atomic E-state index is 0.323. The van der Waals surface area contributed by atoms with Crippen molar-refractivity contribution in [1.29, 1.82) is 0 Å². The minimum atomic E-state index is -0.323. The molecule has 0 spiro atoms. The van der Waals surface area contributed by atoms with E-state index in [-0.39, 0.29) is 5.97 Å². The van der Waals surface area contributed by atoms with Crippen LogP contribution in [0.2, 0.25) is 0 Å². The van der Waals surface area contributed by atoms with E-state index < -0.39 is 0 Å². The number of aromatic nitrogens is 4. The van der Waals surface area contributed by atoms with Crippen molar-refractivity contribution in [3.63, 3.8) is 0 Å². The molecule has 0 atom stereocenters. The summed E-state index contributed by atoms with van der Waals surface area (Å²) in [6.07, 6.45) is 4.80. The van der Waals surface area contributed by atoms with E-state index in [4.69, 9.17) is 4.74 Å². The second-order valence-electron chi connectivity index (χ2n) is 7.41. The maximum absolute atomic E-state index is 11.8. The van der Waals surface area contributed by atoms with Gasteiger partial charge < -0.3 is 9.30 Å². The lowest BCUT2D eigenvalue weighted by molar-refractivity contribution is 0.0525. The average Bonchev–Trinajstić information content (AvgIpc) is 3.24. The van der Waals surface area contributed by atoms with Gasteiger partial charge >= 0.3 is 5.97 Å². The van der Waals surface area contributed by atoms with Crippen LogP contribution in [0.15, 0.2) is 5.38 Å².